The first kappa shape index (κ1) is 11.3. The van der Waals surface area contributed by atoms with Crippen LogP contribution in [-0.4, -0.2) is 11.5 Å². The molecular formula is C15H18N2O. The Labute approximate surface area is 106 Å². The number of aromatic nitrogens is 1. The number of H-pyrrole nitrogens is 1. The molecule has 0 aliphatic heterocycles. The third-order valence-corrected chi connectivity index (χ3v) is 4.01. The predicted octanol–water partition coefficient (Wildman–Crippen LogP) is 2.99. The Bertz CT molecular complexity index is 642. The fraction of sp³-hybridized carbons (Fsp3) is 0.400. The topological polar surface area (TPSA) is 44.9 Å². The van der Waals surface area contributed by atoms with Crippen molar-refractivity contribution in [1.29, 1.82) is 0 Å². The zero-order valence-electron chi connectivity index (χ0n) is 10.8. The van der Waals surface area contributed by atoms with Gasteiger partial charge >= 0.3 is 0 Å². The van der Waals surface area contributed by atoms with Gasteiger partial charge in [-0.1, -0.05) is 32.0 Å². The van der Waals surface area contributed by atoms with Crippen LogP contribution in [0.2, 0.25) is 0 Å². The lowest BCUT2D eigenvalue weighted by atomic mass is 10.1. The summed E-state index contributed by atoms with van der Waals surface area (Å²) in [5.41, 5.74) is 0.440. The number of anilines is 1. The molecule has 0 bridgehead atoms. The summed E-state index contributed by atoms with van der Waals surface area (Å²) in [7, 11) is 0. The summed E-state index contributed by atoms with van der Waals surface area (Å²) in [5.74, 6) is 1.54. The largest absolute Gasteiger partial charge is 0.371 e. The van der Waals surface area contributed by atoms with E-state index >= 15 is 0 Å². The summed E-state index contributed by atoms with van der Waals surface area (Å²) in [6.07, 6.45) is 1.26. The van der Waals surface area contributed by atoms with Gasteiger partial charge in [0.1, 0.15) is 5.82 Å². The Balaban J connectivity index is 1.83. The number of benzene rings is 1. The molecule has 3 heteroatoms. The quantitative estimate of drug-likeness (QED) is 0.869. The number of nitrogens with one attached hydrogen (secondary N) is 2. The van der Waals surface area contributed by atoms with E-state index in [1.807, 2.05) is 30.3 Å². The molecule has 1 saturated carbocycles. The molecule has 1 unspecified atom stereocenters. The van der Waals surface area contributed by atoms with Crippen LogP contribution in [0.25, 0.3) is 10.8 Å². The lowest BCUT2D eigenvalue weighted by molar-refractivity contribution is 0.573. The van der Waals surface area contributed by atoms with Crippen molar-refractivity contribution >= 4 is 16.6 Å². The monoisotopic (exact) mass is 242 g/mol. The predicted molar refractivity (Wildman–Crippen MR) is 74.9 cm³/mol. The minimum atomic E-state index is -0.0225. The van der Waals surface area contributed by atoms with Gasteiger partial charge in [0.15, 0.2) is 0 Å². The fourth-order valence-electron chi connectivity index (χ4n) is 2.46. The molecule has 1 aliphatic rings. The highest BCUT2D eigenvalue weighted by Crippen LogP contribution is 2.51. The SMILES string of the molecule is CC1(C)CC1CNc1cc2ccccc2c(=O)[nH]1. The maximum atomic E-state index is 11.9. The smallest absolute Gasteiger partial charge is 0.257 e. The van der Waals surface area contributed by atoms with Gasteiger partial charge in [-0.05, 0) is 35.3 Å². The highest BCUT2D eigenvalue weighted by molar-refractivity contribution is 5.83. The molecule has 94 valence electrons. The summed E-state index contributed by atoms with van der Waals surface area (Å²) in [5, 5.41) is 5.07. The van der Waals surface area contributed by atoms with Gasteiger partial charge < -0.3 is 10.3 Å². The maximum absolute atomic E-state index is 11.9. The van der Waals surface area contributed by atoms with Gasteiger partial charge in [-0.2, -0.15) is 0 Å². The molecule has 18 heavy (non-hydrogen) atoms. The third-order valence-electron chi connectivity index (χ3n) is 4.01. The second kappa shape index (κ2) is 3.87. The van der Waals surface area contributed by atoms with E-state index in [0.717, 1.165) is 23.1 Å². The molecule has 1 atom stereocenters. The normalized spacial score (nSPS) is 20.9. The first-order valence-electron chi connectivity index (χ1n) is 6.42. The van der Waals surface area contributed by atoms with Crippen molar-refractivity contribution in [3.8, 4) is 0 Å². The highest BCUT2D eigenvalue weighted by Gasteiger charge is 2.44. The Morgan fingerprint density at radius 3 is 2.83 bits per heavy atom. The standard InChI is InChI=1S/C15H18N2O/c1-15(2)8-11(15)9-16-13-7-10-5-3-4-6-12(10)14(18)17-13/h3-7,11H,8-9H2,1-2H3,(H2,16,17,18). The molecule has 0 saturated heterocycles. The van der Waals surface area contributed by atoms with Gasteiger partial charge in [0, 0.05) is 11.9 Å². The zero-order valence-corrected chi connectivity index (χ0v) is 10.8. The minimum Gasteiger partial charge on any atom is -0.371 e. The van der Waals surface area contributed by atoms with Crippen molar-refractivity contribution in [3.63, 3.8) is 0 Å². The molecule has 3 nitrogen and oxygen atoms in total. The van der Waals surface area contributed by atoms with E-state index < -0.39 is 0 Å². The van der Waals surface area contributed by atoms with E-state index in [9.17, 15) is 4.79 Å². The van der Waals surface area contributed by atoms with Gasteiger partial charge in [-0.3, -0.25) is 4.79 Å². The van der Waals surface area contributed by atoms with Gasteiger partial charge in [0.2, 0.25) is 0 Å². The molecule has 3 rings (SSSR count). The summed E-state index contributed by atoms with van der Waals surface area (Å²) >= 11 is 0. The fourth-order valence-corrected chi connectivity index (χ4v) is 2.46. The van der Waals surface area contributed by atoms with Crippen LogP contribution >= 0.6 is 0 Å². The number of pyridine rings is 1. The Kier molecular flexibility index (Phi) is 2.44. The van der Waals surface area contributed by atoms with Crippen LogP contribution in [0, 0.1) is 11.3 Å². The summed E-state index contributed by atoms with van der Waals surface area (Å²) < 4.78 is 0. The molecule has 1 fully saturated rings. The van der Waals surface area contributed by atoms with Crippen LogP contribution < -0.4 is 10.9 Å². The number of rotatable bonds is 3. The Morgan fingerprint density at radius 1 is 1.39 bits per heavy atom. The second-order valence-electron chi connectivity index (χ2n) is 5.87. The van der Waals surface area contributed by atoms with Crippen LogP contribution in [-0.2, 0) is 0 Å². The average Bonchev–Trinajstić information content (AvgIpc) is 2.95. The van der Waals surface area contributed by atoms with E-state index in [1.165, 1.54) is 6.42 Å². The lowest BCUT2D eigenvalue weighted by Gasteiger charge is -2.08. The zero-order chi connectivity index (χ0) is 12.8. The van der Waals surface area contributed by atoms with E-state index in [-0.39, 0.29) is 5.56 Å². The molecule has 1 aromatic carbocycles. The number of hydrogen-bond acceptors (Lipinski definition) is 2. The van der Waals surface area contributed by atoms with Crippen LogP contribution in [0.3, 0.4) is 0 Å². The molecule has 0 radical (unpaired) electrons. The molecule has 2 aromatic rings. The first-order chi connectivity index (χ1) is 8.56. The maximum Gasteiger partial charge on any atom is 0.257 e. The summed E-state index contributed by atoms with van der Waals surface area (Å²) in [6.45, 7) is 5.49. The molecule has 1 heterocycles. The lowest BCUT2D eigenvalue weighted by Crippen LogP contribution is -2.13. The van der Waals surface area contributed by atoms with E-state index in [4.69, 9.17) is 0 Å². The molecule has 1 aromatic heterocycles. The number of fused-ring (bicyclic) bond motifs is 1. The van der Waals surface area contributed by atoms with Crippen molar-refractivity contribution in [2.45, 2.75) is 20.3 Å². The minimum absolute atomic E-state index is 0.0225. The highest BCUT2D eigenvalue weighted by atomic mass is 16.1. The number of hydrogen-bond donors (Lipinski definition) is 2. The van der Waals surface area contributed by atoms with Gasteiger partial charge in [-0.25, -0.2) is 0 Å². The van der Waals surface area contributed by atoms with Crippen LogP contribution in [0.4, 0.5) is 5.82 Å². The molecule has 2 N–H and O–H groups in total. The second-order valence-corrected chi connectivity index (χ2v) is 5.87. The molecule has 0 spiro atoms. The molecular weight excluding hydrogens is 224 g/mol. The Hall–Kier alpha value is -1.77. The van der Waals surface area contributed by atoms with Crippen molar-refractivity contribution in [1.82, 2.24) is 4.98 Å². The van der Waals surface area contributed by atoms with Crippen LogP contribution in [0.1, 0.15) is 20.3 Å². The summed E-state index contributed by atoms with van der Waals surface area (Å²) in [6, 6.07) is 9.66. The first-order valence-corrected chi connectivity index (χ1v) is 6.42. The third kappa shape index (κ3) is 2.01. The van der Waals surface area contributed by atoms with Crippen LogP contribution in [0.5, 0.6) is 0 Å². The van der Waals surface area contributed by atoms with Crippen molar-refractivity contribution < 1.29 is 0 Å². The van der Waals surface area contributed by atoms with Gasteiger partial charge in [-0.15, -0.1) is 0 Å². The van der Waals surface area contributed by atoms with Crippen molar-refractivity contribution in [2.75, 3.05) is 11.9 Å². The van der Waals surface area contributed by atoms with E-state index in [1.54, 1.807) is 0 Å². The van der Waals surface area contributed by atoms with Gasteiger partial charge in [0.05, 0.1) is 0 Å². The number of aromatic amines is 1. The molecule has 1 aliphatic carbocycles. The Morgan fingerprint density at radius 2 is 2.11 bits per heavy atom. The summed E-state index contributed by atoms with van der Waals surface area (Å²) in [4.78, 5) is 14.8. The van der Waals surface area contributed by atoms with Crippen molar-refractivity contribution in [2.24, 2.45) is 11.3 Å². The average molecular weight is 242 g/mol. The van der Waals surface area contributed by atoms with Gasteiger partial charge in [0.25, 0.3) is 5.56 Å². The van der Waals surface area contributed by atoms with E-state index in [2.05, 4.69) is 24.1 Å². The van der Waals surface area contributed by atoms with Crippen molar-refractivity contribution in [3.05, 3.63) is 40.7 Å². The molecule has 0 amide bonds. The van der Waals surface area contributed by atoms with Crippen LogP contribution in [0.15, 0.2) is 35.1 Å². The van der Waals surface area contributed by atoms with E-state index in [0.29, 0.717) is 11.3 Å².